The summed E-state index contributed by atoms with van der Waals surface area (Å²) < 4.78 is 42.5. The zero-order chi connectivity index (χ0) is 14.8. The molecule has 1 fully saturated rings. The first kappa shape index (κ1) is 14.7. The Morgan fingerprint density at radius 3 is 2.60 bits per heavy atom. The molecule has 6 nitrogen and oxygen atoms in total. The lowest BCUT2D eigenvalue weighted by molar-refractivity contribution is -0.132. The number of nitrogens with zero attached hydrogens (tertiary/aromatic N) is 1. The molecule has 1 saturated heterocycles. The van der Waals surface area contributed by atoms with E-state index >= 15 is 0 Å². The fraction of sp³-hybridized carbons (Fsp3) is 0.417. The maximum atomic E-state index is 13.3. The van der Waals surface area contributed by atoms with Crippen LogP contribution in [0.1, 0.15) is 0 Å². The first-order chi connectivity index (χ1) is 9.40. The molecule has 1 aliphatic rings. The van der Waals surface area contributed by atoms with Crippen molar-refractivity contribution in [2.75, 3.05) is 37.8 Å². The summed E-state index contributed by atoms with van der Waals surface area (Å²) in [5, 5.41) is 0. The summed E-state index contributed by atoms with van der Waals surface area (Å²) in [5.41, 5.74) is 5.16. The SMILES string of the molecule is Nc1ccc(S(=O)(=O)CC(=O)N2CCOCC2)cc1F. The van der Waals surface area contributed by atoms with Crippen molar-refractivity contribution in [1.82, 2.24) is 4.90 Å². The van der Waals surface area contributed by atoms with Gasteiger partial charge in [0.05, 0.1) is 23.8 Å². The molecule has 0 atom stereocenters. The molecule has 0 bridgehead atoms. The van der Waals surface area contributed by atoms with E-state index in [0.29, 0.717) is 26.3 Å². The molecule has 1 amide bonds. The third kappa shape index (κ3) is 3.26. The number of halogens is 1. The Hall–Kier alpha value is -1.67. The molecule has 0 radical (unpaired) electrons. The lowest BCUT2D eigenvalue weighted by Crippen LogP contribution is -2.43. The molecule has 20 heavy (non-hydrogen) atoms. The van der Waals surface area contributed by atoms with Crippen LogP contribution in [-0.4, -0.2) is 51.3 Å². The fourth-order valence-corrected chi connectivity index (χ4v) is 3.08. The van der Waals surface area contributed by atoms with E-state index in [1.807, 2.05) is 0 Å². The molecule has 1 aliphatic heterocycles. The number of rotatable bonds is 3. The second-order valence-electron chi connectivity index (χ2n) is 4.44. The number of anilines is 1. The lowest BCUT2D eigenvalue weighted by Gasteiger charge is -2.26. The average Bonchev–Trinajstić information content (AvgIpc) is 2.42. The quantitative estimate of drug-likeness (QED) is 0.796. The van der Waals surface area contributed by atoms with E-state index in [0.717, 1.165) is 6.07 Å². The molecule has 1 aromatic rings. The molecule has 1 heterocycles. The molecular weight excluding hydrogens is 287 g/mol. The first-order valence-corrected chi connectivity index (χ1v) is 7.69. The highest BCUT2D eigenvalue weighted by atomic mass is 32.2. The van der Waals surface area contributed by atoms with Gasteiger partial charge in [-0.3, -0.25) is 4.79 Å². The smallest absolute Gasteiger partial charge is 0.238 e. The van der Waals surface area contributed by atoms with Gasteiger partial charge in [0.2, 0.25) is 5.91 Å². The summed E-state index contributed by atoms with van der Waals surface area (Å²) >= 11 is 0. The highest BCUT2D eigenvalue weighted by Gasteiger charge is 2.25. The number of hydrogen-bond acceptors (Lipinski definition) is 5. The zero-order valence-corrected chi connectivity index (χ0v) is 11.5. The zero-order valence-electron chi connectivity index (χ0n) is 10.7. The normalized spacial score (nSPS) is 16.1. The molecule has 8 heteroatoms. The summed E-state index contributed by atoms with van der Waals surface area (Å²) in [4.78, 5) is 13.1. The second kappa shape index (κ2) is 5.76. The lowest BCUT2D eigenvalue weighted by atomic mass is 10.3. The van der Waals surface area contributed by atoms with Crippen LogP contribution in [-0.2, 0) is 19.4 Å². The van der Waals surface area contributed by atoms with Crippen LogP contribution in [0.5, 0.6) is 0 Å². The second-order valence-corrected chi connectivity index (χ2v) is 6.43. The van der Waals surface area contributed by atoms with Crippen LogP contribution in [0.15, 0.2) is 23.1 Å². The minimum absolute atomic E-state index is 0.136. The molecule has 0 unspecified atom stereocenters. The van der Waals surface area contributed by atoms with Gasteiger partial charge in [0.1, 0.15) is 11.6 Å². The number of nitrogens with two attached hydrogens (primary N) is 1. The van der Waals surface area contributed by atoms with Crippen molar-refractivity contribution in [1.29, 1.82) is 0 Å². The van der Waals surface area contributed by atoms with Gasteiger partial charge in [-0.1, -0.05) is 0 Å². The Kier molecular flexibility index (Phi) is 4.24. The predicted octanol–water partition coefficient (Wildman–Crippen LogP) is 0.0404. The first-order valence-electron chi connectivity index (χ1n) is 6.03. The molecule has 0 spiro atoms. The Balaban J connectivity index is 2.13. The van der Waals surface area contributed by atoms with E-state index in [1.165, 1.54) is 17.0 Å². The van der Waals surface area contributed by atoms with E-state index in [2.05, 4.69) is 0 Å². The van der Waals surface area contributed by atoms with Gasteiger partial charge in [0, 0.05) is 13.1 Å². The number of ether oxygens (including phenoxy) is 1. The number of benzene rings is 1. The summed E-state index contributed by atoms with van der Waals surface area (Å²) in [6, 6.07) is 3.19. The van der Waals surface area contributed by atoms with Crippen molar-refractivity contribution in [2.24, 2.45) is 0 Å². The highest BCUT2D eigenvalue weighted by molar-refractivity contribution is 7.92. The van der Waals surface area contributed by atoms with Crippen molar-refractivity contribution in [3.8, 4) is 0 Å². The number of morpholine rings is 1. The largest absolute Gasteiger partial charge is 0.396 e. The van der Waals surface area contributed by atoms with Gasteiger partial charge in [-0.2, -0.15) is 0 Å². The Morgan fingerprint density at radius 1 is 1.35 bits per heavy atom. The monoisotopic (exact) mass is 302 g/mol. The molecule has 110 valence electrons. The Labute approximate surface area is 116 Å². The van der Waals surface area contributed by atoms with Crippen LogP contribution in [0.2, 0.25) is 0 Å². The van der Waals surface area contributed by atoms with Gasteiger partial charge in [-0.15, -0.1) is 0 Å². The molecule has 0 aliphatic carbocycles. The van der Waals surface area contributed by atoms with Crippen molar-refractivity contribution in [2.45, 2.75) is 4.90 Å². The summed E-state index contributed by atoms with van der Waals surface area (Å²) in [6.07, 6.45) is 0. The van der Waals surface area contributed by atoms with Crippen LogP contribution in [0.3, 0.4) is 0 Å². The Morgan fingerprint density at radius 2 is 2.00 bits per heavy atom. The molecule has 0 aromatic heterocycles. The van der Waals surface area contributed by atoms with E-state index in [-0.39, 0.29) is 10.6 Å². The van der Waals surface area contributed by atoms with Crippen LogP contribution in [0, 0.1) is 5.82 Å². The number of amides is 1. The third-order valence-corrected chi connectivity index (χ3v) is 4.61. The maximum absolute atomic E-state index is 13.3. The van der Waals surface area contributed by atoms with Crippen LogP contribution >= 0.6 is 0 Å². The number of sulfone groups is 1. The minimum atomic E-state index is -3.88. The van der Waals surface area contributed by atoms with Gasteiger partial charge in [0.25, 0.3) is 0 Å². The standard InChI is InChI=1S/C12H15FN2O4S/c13-10-7-9(1-2-11(10)14)20(17,18)8-12(16)15-3-5-19-6-4-15/h1-2,7H,3-6,8,14H2. The minimum Gasteiger partial charge on any atom is -0.396 e. The molecule has 2 N–H and O–H groups in total. The van der Waals surface area contributed by atoms with Gasteiger partial charge in [-0.25, -0.2) is 12.8 Å². The van der Waals surface area contributed by atoms with Crippen molar-refractivity contribution in [3.63, 3.8) is 0 Å². The van der Waals surface area contributed by atoms with E-state index in [9.17, 15) is 17.6 Å². The summed E-state index contributed by atoms with van der Waals surface area (Å²) in [6.45, 7) is 1.51. The van der Waals surface area contributed by atoms with Gasteiger partial charge in [0.15, 0.2) is 9.84 Å². The number of carbonyl (C=O) groups is 1. The third-order valence-electron chi connectivity index (χ3n) is 3.01. The van der Waals surface area contributed by atoms with Crippen molar-refractivity contribution < 1.29 is 22.3 Å². The van der Waals surface area contributed by atoms with Crippen LogP contribution in [0.4, 0.5) is 10.1 Å². The van der Waals surface area contributed by atoms with Gasteiger partial charge < -0.3 is 15.4 Å². The molecular formula is C12H15FN2O4S. The topological polar surface area (TPSA) is 89.7 Å². The van der Waals surface area contributed by atoms with Gasteiger partial charge in [-0.05, 0) is 18.2 Å². The number of carbonyl (C=O) groups excluding carboxylic acids is 1. The molecule has 2 rings (SSSR count). The predicted molar refractivity (Wildman–Crippen MR) is 70.3 cm³/mol. The molecule has 1 aromatic carbocycles. The Bertz CT molecular complexity index is 612. The fourth-order valence-electron chi connectivity index (χ4n) is 1.85. The van der Waals surface area contributed by atoms with Crippen molar-refractivity contribution in [3.05, 3.63) is 24.0 Å². The van der Waals surface area contributed by atoms with Crippen LogP contribution in [0.25, 0.3) is 0 Å². The van der Waals surface area contributed by atoms with Crippen LogP contribution < -0.4 is 5.73 Å². The van der Waals surface area contributed by atoms with E-state index < -0.39 is 27.3 Å². The average molecular weight is 302 g/mol. The summed E-state index contributed by atoms with van der Waals surface area (Å²) in [5.74, 6) is -2.01. The number of hydrogen-bond donors (Lipinski definition) is 1. The van der Waals surface area contributed by atoms with Crippen molar-refractivity contribution >= 4 is 21.4 Å². The highest BCUT2D eigenvalue weighted by Crippen LogP contribution is 2.18. The van der Waals surface area contributed by atoms with E-state index in [1.54, 1.807) is 0 Å². The maximum Gasteiger partial charge on any atom is 0.238 e. The molecule has 0 saturated carbocycles. The van der Waals surface area contributed by atoms with Gasteiger partial charge >= 0.3 is 0 Å². The summed E-state index contributed by atoms with van der Waals surface area (Å²) in [7, 11) is -3.88. The number of nitrogen functional groups attached to an aromatic ring is 1. The van der Waals surface area contributed by atoms with E-state index in [4.69, 9.17) is 10.5 Å².